The summed E-state index contributed by atoms with van der Waals surface area (Å²) in [6.45, 7) is 0.00583. The molecule has 3 rings (SSSR count). The Bertz CT molecular complexity index is 953. The van der Waals surface area contributed by atoms with Crippen molar-refractivity contribution in [3.8, 4) is 0 Å². The molecule has 0 fully saturated rings. The average molecular weight is 410 g/mol. The molecular weight excluding hydrogens is 388 g/mol. The minimum absolute atomic E-state index is 0.0543. The molecule has 30 heavy (non-hydrogen) atoms. The van der Waals surface area contributed by atoms with Gasteiger partial charge in [-0.3, -0.25) is 4.79 Å². The van der Waals surface area contributed by atoms with Crippen LogP contribution in [0.15, 0.2) is 65.9 Å². The first-order valence-electron chi connectivity index (χ1n) is 9.22. The predicted octanol–water partition coefficient (Wildman–Crippen LogP) is 2.26. The maximum absolute atomic E-state index is 12.3. The van der Waals surface area contributed by atoms with Crippen LogP contribution in [0.25, 0.3) is 0 Å². The summed E-state index contributed by atoms with van der Waals surface area (Å²) >= 11 is 0. The largest absolute Gasteiger partial charge is 0.466 e. The fraction of sp³-hybridized carbons (Fsp3) is 0.227. The zero-order chi connectivity index (χ0) is 21.5. The van der Waals surface area contributed by atoms with Gasteiger partial charge in [-0.2, -0.15) is 0 Å². The number of benzene rings is 2. The van der Waals surface area contributed by atoms with Gasteiger partial charge in [0.25, 0.3) is 0 Å². The van der Waals surface area contributed by atoms with Crippen molar-refractivity contribution >= 4 is 29.2 Å². The van der Waals surface area contributed by atoms with Crippen molar-refractivity contribution in [3.63, 3.8) is 0 Å². The number of rotatable bonds is 6. The number of nitrogens with one attached hydrogen (secondary N) is 1. The number of esters is 2. The minimum Gasteiger partial charge on any atom is -0.466 e. The first-order valence-corrected chi connectivity index (χ1v) is 9.22. The van der Waals surface area contributed by atoms with Gasteiger partial charge >= 0.3 is 11.9 Å². The molecule has 0 aliphatic carbocycles. The minimum atomic E-state index is -0.668. The third-order valence-electron chi connectivity index (χ3n) is 4.50. The molecule has 8 heteroatoms. The van der Waals surface area contributed by atoms with Gasteiger partial charge in [0.05, 0.1) is 32.8 Å². The van der Waals surface area contributed by atoms with Gasteiger partial charge in [0.1, 0.15) is 12.4 Å². The van der Waals surface area contributed by atoms with Crippen molar-refractivity contribution in [2.24, 2.45) is 0 Å². The van der Waals surface area contributed by atoms with E-state index in [1.165, 1.54) is 19.1 Å². The van der Waals surface area contributed by atoms with E-state index in [4.69, 9.17) is 14.2 Å². The quantitative estimate of drug-likeness (QED) is 0.730. The van der Waals surface area contributed by atoms with Gasteiger partial charge in [0, 0.05) is 11.4 Å². The van der Waals surface area contributed by atoms with Crippen molar-refractivity contribution in [2.45, 2.75) is 6.42 Å². The third kappa shape index (κ3) is 4.84. The van der Waals surface area contributed by atoms with Gasteiger partial charge in [0.15, 0.2) is 0 Å². The molecule has 0 aromatic heterocycles. The Morgan fingerprint density at radius 1 is 0.967 bits per heavy atom. The molecular formula is C22H22N2O6. The zero-order valence-electron chi connectivity index (χ0n) is 16.7. The summed E-state index contributed by atoms with van der Waals surface area (Å²) in [6.07, 6.45) is 0.264. The van der Waals surface area contributed by atoms with Gasteiger partial charge in [-0.25, -0.2) is 9.59 Å². The molecule has 0 spiro atoms. The Morgan fingerprint density at radius 3 is 2.27 bits per heavy atom. The molecule has 1 amide bonds. The van der Waals surface area contributed by atoms with E-state index >= 15 is 0 Å². The Labute approximate surface area is 174 Å². The summed E-state index contributed by atoms with van der Waals surface area (Å²) in [5.41, 5.74) is 2.26. The van der Waals surface area contributed by atoms with Crippen LogP contribution < -0.4 is 10.2 Å². The molecule has 0 saturated heterocycles. The number of ether oxygens (including phenoxy) is 3. The summed E-state index contributed by atoms with van der Waals surface area (Å²) in [5, 5.41) is 2.84. The van der Waals surface area contributed by atoms with Crippen molar-refractivity contribution in [1.29, 1.82) is 0 Å². The van der Waals surface area contributed by atoms with E-state index in [1.807, 2.05) is 30.3 Å². The summed E-state index contributed by atoms with van der Waals surface area (Å²) < 4.78 is 15.0. The van der Waals surface area contributed by atoms with E-state index in [2.05, 4.69) is 5.32 Å². The lowest BCUT2D eigenvalue weighted by atomic mass is 10.1. The van der Waals surface area contributed by atoms with Gasteiger partial charge < -0.3 is 24.4 Å². The molecule has 0 radical (unpaired) electrons. The molecule has 0 atom stereocenters. The number of carbonyl (C=O) groups is 3. The van der Waals surface area contributed by atoms with E-state index < -0.39 is 11.9 Å². The Balaban J connectivity index is 1.78. The highest BCUT2D eigenvalue weighted by atomic mass is 16.5. The van der Waals surface area contributed by atoms with E-state index in [0.717, 1.165) is 5.56 Å². The molecule has 0 unspecified atom stereocenters. The Morgan fingerprint density at radius 2 is 1.63 bits per heavy atom. The fourth-order valence-corrected chi connectivity index (χ4v) is 3.06. The zero-order valence-corrected chi connectivity index (χ0v) is 16.7. The number of amides is 1. The second kappa shape index (κ2) is 9.71. The third-order valence-corrected chi connectivity index (χ3v) is 4.50. The number of anilines is 2. The fourth-order valence-electron chi connectivity index (χ4n) is 3.06. The summed E-state index contributed by atoms with van der Waals surface area (Å²) in [6, 6.07) is 16.3. The molecule has 1 aliphatic rings. The van der Waals surface area contributed by atoms with Crippen molar-refractivity contribution < 1.29 is 28.6 Å². The molecule has 8 nitrogen and oxygen atoms in total. The van der Waals surface area contributed by atoms with Crippen LogP contribution in [0.2, 0.25) is 0 Å². The lowest BCUT2D eigenvalue weighted by molar-refractivity contribution is -0.140. The maximum atomic E-state index is 12.3. The van der Waals surface area contributed by atoms with Crippen molar-refractivity contribution in [3.05, 3.63) is 71.4 Å². The number of methoxy groups -OCH3 is 2. The number of hydrogen-bond donors (Lipinski definition) is 1. The lowest BCUT2D eigenvalue weighted by Gasteiger charge is -2.31. The van der Waals surface area contributed by atoms with E-state index in [1.54, 1.807) is 24.3 Å². The summed E-state index contributed by atoms with van der Waals surface area (Å²) in [7, 11) is 2.47. The van der Waals surface area contributed by atoms with Crippen molar-refractivity contribution in [2.75, 3.05) is 37.8 Å². The van der Waals surface area contributed by atoms with Gasteiger partial charge in [-0.15, -0.1) is 0 Å². The molecule has 2 aromatic carbocycles. The number of hydrogen-bond acceptors (Lipinski definition) is 7. The SMILES string of the molecule is COC(=O)C1=C(C(=O)OC)N(c2ccc(NC(=O)Cc3ccccc3)cc2)COC1. The monoisotopic (exact) mass is 410 g/mol. The van der Waals surface area contributed by atoms with E-state index in [-0.39, 0.29) is 36.9 Å². The predicted molar refractivity (Wildman–Crippen MR) is 110 cm³/mol. The van der Waals surface area contributed by atoms with Crippen LogP contribution in [0.1, 0.15) is 5.56 Å². The van der Waals surface area contributed by atoms with Crippen LogP contribution >= 0.6 is 0 Å². The topological polar surface area (TPSA) is 94.2 Å². The second-order valence-corrected chi connectivity index (χ2v) is 6.47. The highest BCUT2D eigenvalue weighted by Crippen LogP contribution is 2.27. The van der Waals surface area contributed by atoms with Crippen LogP contribution in [0.4, 0.5) is 11.4 Å². The van der Waals surface area contributed by atoms with Gasteiger partial charge in [-0.1, -0.05) is 30.3 Å². The summed E-state index contributed by atoms with van der Waals surface area (Å²) in [5.74, 6) is -1.47. The normalized spacial score (nSPS) is 13.6. The molecule has 1 heterocycles. The highest BCUT2D eigenvalue weighted by molar-refractivity contribution is 6.03. The molecule has 0 saturated carbocycles. The standard InChI is InChI=1S/C22H22N2O6/c1-28-21(26)18-13-30-14-24(20(18)22(27)29-2)17-10-8-16(9-11-17)23-19(25)12-15-6-4-3-5-7-15/h3-11H,12-14H2,1-2H3,(H,23,25). The average Bonchev–Trinajstić information content (AvgIpc) is 2.78. The lowest BCUT2D eigenvalue weighted by Crippen LogP contribution is -2.38. The van der Waals surface area contributed by atoms with E-state index in [9.17, 15) is 14.4 Å². The molecule has 0 bridgehead atoms. The molecule has 156 valence electrons. The number of nitrogens with zero attached hydrogens (tertiary/aromatic N) is 1. The van der Waals surface area contributed by atoms with Crippen molar-refractivity contribution in [1.82, 2.24) is 0 Å². The second-order valence-electron chi connectivity index (χ2n) is 6.47. The Kier molecular flexibility index (Phi) is 6.82. The van der Waals surface area contributed by atoms with Gasteiger partial charge in [-0.05, 0) is 29.8 Å². The van der Waals surface area contributed by atoms with Gasteiger partial charge in [0.2, 0.25) is 5.91 Å². The smallest absolute Gasteiger partial charge is 0.355 e. The van der Waals surface area contributed by atoms with Crippen LogP contribution in [-0.2, 0) is 35.0 Å². The van der Waals surface area contributed by atoms with Crippen LogP contribution in [0.5, 0.6) is 0 Å². The highest BCUT2D eigenvalue weighted by Gasteiger charge is 2.32. The first kappa shape index (κ1) is 21.1. The maximum Gasteiger partial charge on any atom is 0.355 e. The van der Waals surface area contributed by atoms with Crippen LogP contribution in [-0.4, -0.2) is 45.4 Å². The number of carbonyl (C=O) groups excluding carboxylic acids is 3. The first-order chi connectivity index (χ1) is 14.5. The molecule has 1 aliphatic heterocycles. The van der Waals surface area contributed by atoms with Crippen LogP contribution in [0, 0.1) is 0 Å². The molecule has 2 aromatic rings. The molecule has 1 N–H and O–H groups in total. The Hall–Kier alpha value is -3.65. The van der Waals surface area contributed by atoms with Crippen LogP contribution in [0.3, 0.4) is 0 Å². The summed E-state index contributed by atoms with van der Waals surface area (Å²) in [4.78, 5) is 38.1. The van der Waals surface area contributed by atoms with E-state index in [0.29, 0.717) is 11.4 Å².